The van der Waals surface area contributed by atoms with Crippen molar-refractivity contribution in [1.29, 1.82) is 0 Å². The standard InChI is InChI=1S/C14H26/c1-6-12(4)10-9-11-13(5)14(7-2)8-3/h7,9-10,12-14H,2,6,8,11H2,1,3-5H3. The molecule has 0 heterocycles. The maximum absolute atomic E-state index is 3.89. The number of hydrogen-bond donors (Lipinski definition) is 0. The monoisotopic (exact) mass is 194 g/mol. The van der Waals surface area contributed by atoms with Crippen LogP contribution in [-0.2, 0) is 0 Å². The second kappa shape index (κ2) is 7.84. The van der Waals surface area contributed by atoms with Crippen LogP contribution in [0.4, 0.5) is 0 Å². The lowest BCUT2D eigenvalue weighted by Crippen LogP contribution is -2.06. The van der Waals surface area contributed by atoms with E-state index in [9.17, 15) is 0 Å². The first-order valence-corrected chi connectivity index (χ1v) is 5.94. The Hall–Kier alpha value is -0.520. The molecule has 0 nitrogen and oxygen atoms in total. The summed E-state index contributed by atoms with van der Waals surface area (Å²) in [5.74, 6) is 2.14. The van der Waals surface area contributed by atoms with Gasteiger partial charge in [0.2, 0.25) is 0 Å². The Morgan fingerprint density at radius 1 is 1.14 bits per heavy atom. The van der Waals surface area contributed by atoms with Crippen LogP contribution >= 0.6 is 0 Å². The summed E-state index contributed by atoms with van der Waals surface area (Å²) in [4.78, 5) is 0. The Balaban J connectivity index is 3.87. The molecule has 3 atom stereocenters. The summed E-state index contributed by atoms with van der Waals surface area (Å²) >= 11 is 0. The molecule has 0 aliphatic heterocycles. The maximum atomic E-state index is 3.89. The molecule has 0 amide bonds. The quantitative estimate of drug-likeness (QED) is 0.509. The van der Waals surface area contributed by atoms with E-state index in [4.69, 9.17) is 0 Å². The first-order valence-electron chi connectivity index (χ1n) is 5.94. The molecule has 0 aliphatic carbocycles. The molecule has 0 aromatic carbocycles. The molecule has 0 heteroatoms. The van der Waals surface area contributed by atoms with E-state index < -0.39 is 0 Å². The molecule has 0 N–H and O–H groups in total. The van der Waals surface area contributed by atoms with Crippen molar-refractivity contribution in [1.82, 2.24) is 0 Å². The van der Waals surface area contributed by atoms with Crippen molar-refractivity contribution in [2.24, 2.45) is 17.8 Å². The van der Waals surface area contributed by atoms with E-state index in [-0.39, 0.29) is 0 Å². The molecule has 0 fully saturated rings. The fourth-order valence-electron chi connectivity index (χ4n) is 1.64. The first kappa shape index (κ1) is 13.5. The minimum Gasteiger partial charge on any atom is -0.103 e. The zero-order chi connectivity index (χ0) is 11.0. The molecule has 0 saturated carbocycles. The van der Waals surface area contributed by atoms with Crippen LogP contribution in [0.5, 0.6) is 0 Å². The summed E-state index contributed by atoms with van der Waals surface area (Å²) in [6, 6.07) is 0. The minimum absolute atomic E-state index is 0.677. The van der Waals surface area contributed by atoms with Crippen LogP contribution in [0.1, 0.15) is 47.0 Å². The van der Waals surface area contributed by atoms with Crippen molar-refractivity contribution in [2.45, 2.75) is 47.0 Å². The molecule has 0 aromatic heterocycles. The van der Waals surface area contributed by atoms with Gasteiger partial charge in [-0.3, -0.25) is 0 Å². The molecule has 0 saturated heterocycles. The molecular weight excluding hydrogens is 168 g/mol. The van der Waals surface area contributed by atoms with E-state index in [0.29, 0.717) is 5.92 Å². The van der Waals surface area contributed by atoms with Gasteiger partial charge in [0.15, 0.2) is 0 Å². The highest BCUT2D eigenvalue weighted by atomic mass is 14.1. The van der Waals surface area contributed by atoms with Crippen LogP contribution in [0, 0.1) is 17.8 Å². The van der Waals surface area contributed by atoms with Crippen LogP contribution in [0.15, 0.2) is 24.8 Å². The van der Waals surface area contributed by atoms with Crippen molar-refractivity contribution < 1.29 is 0 Å². The van der Waals surface area contributed by atoms with Gasteiger partial charge in [0.25, 0.3) is 0 Å². The third-order valence-corrected chi connectivity index (χ3v) is 3.12. The Bertz CT molecular complexity index is 167. The number of hydrogen-bond acceptors (Lipinski definition) is 0. The number of allylic oxidation sites excluding steroid dienone is 3. The van der Waals surface area contributed by atoms with Crippen molar-refractivity contribution >= 4 is 0 Å². The lowest BCUT2D eigenvalue weighted by Gasteiger charge is -2.17. The Morgan fingerprint density at radius 2 is 1.79 bits per heavy atom. The molecular formula is C14H26. The molecule has 0 radical (unpaired) electrons. The third kappa shape index (κ3) is 5.26. The predicted molar refractivity (Wildman–Crippen MR) is 66.4 cm³/mol. The van der Waals surface area contributed by atoms with Gasteiger partial charge in [-0.2, -0.15) is 0 Å². The zero-order valence-electron chi connectivity index (χ0n) is 10.3. The van der Waals surface area contributed by atoms with Crippen LogP contribution in [0.25, 0.3) is 0 Å². The summed E-state index contributed by atoms with van der Waals surface area (Å²) in [7, 11) is 0. The highest BCUT2D eigenvalue weighted by Crippen LogP contribution is 2.20. The number of rotatable bonds is 7. The summed E-state index contributed by atoms with van der Waals surface area (Å²) < 4.78 is 0. The molecule has 0 aromatic rings. The fraction of sp³-hybridized carbons (Fsp3) is 0.714. The van der Waals surface area contributed by atoms with E-state index >= 15 is 0 Å². The van der Waals surface area contributed by atoms with Crippen LogP contribution in [0.2, 0.25) is 0 Å². The van der Waals surface area contributed by atoms with Gasteiger partial charge in [-0.1, -0.05) is 52.3 Å². The van der Waals surface area contributed by atoms with Crippen molar-refractivity contribution in [3.05, 3.63) is 24.8 Å². The lowest BCUT2D eigenvalue weighted by molar-refractivity contribution is 0.421. The molecule has 14 heavy (non-hydrogen) atoms. The van der Waals surface area contributed by atoms with Crippen molar-refractivity contribution in [3.63, 3.8) is 0 Å². The highest BCUT2D eigenvalue weighted by Gasteiger charge is 2.09. The van der Waals surface area contributed by atoms with Gasteiger partial charge in [-0.05, 0) is 30.6 Å². The van der Waals surface area contributed by atoms with Gasteiger partial charge in [0, 0.05) is 0 Å². The summed E-state index contributed by atoms with van der Waals surface area (Å²) in [6.07, 6.45) is 10.4. The smallest absolute Gasteiger partial charge is 0.0210 e. The SMILES string of the molecule is C=CC(CC)C(C)CC=CC(C)CC. The average molecular weight is 194 g/mol. The third-order valence-electron chi connectivity index (χ3n) is 3.12. The Kier molecular flexibility index (Phi) is 7.55. The predicted octanol–water partition coefficient (Wildman–Crippen LogP) is 4.83. The topological polar surface area (TPSA) is 0 Å². The van der Waals surface area contributed by atoms with Gasteiger partial charge >= 0.3 is 0 Å². The van der Waals surface area contributed by atoms with E-state index in [1.165, 1.54) is 19.3 Å². The molecule has 0 aliphatic rings. The largest absolute Gasteiger partial charge is 0.103 e. The Labute approximate surface area is 90.1 Å². The van der Waals surface area contributed by atoms with E-state index in [0.717, 1.165) is 11.8 Å². The second-order valence-corrected chi connectivity index (χ2v) is 4.33. The summed E-state index contributed by atoms with van der Waals surface area (Å²) in [6.45, 7) is 12.9. The zero-order valence-corrected chi connectivity index (χ0v) is 10.3. The van der Waals surface area contributed by atoms with Gasteiger partial charge in [-0.15, -0.1) is 6.58 Å². The highest BCUT2D eigenvalue weighted by molar-refractivity contribution is 4.91. The maximum Gasteiger partial charge on any atom is -0.0210 e. The average Bonchev–Trinajstić information content (AvgIpc) is 2.19. The van der Waals surface area contributed by atoms with Crippen LogP contribution < -0.4 is 0 Å². The Morgan fingerprint density at radius 3 is 2.21 bits per heavy atom. The molecule has 0 bridgehead atoms. The van der Waals surface area contributed by atoms with Crippen LogP contribution in [-0.4, -0.2) is 0 Å². The molecule has 3 unspecified atom stereocenters. The normalized spacial score (nSPS) is 18.0. The van der Waals surface area contributed by atoms with Gasteiger partial charge < -0.3 is 0 Å². The van der Waals surface area contributed by atoms with E-state index in [1.807, 2.05) is 0 Å². The van der Waals surface area contributed by atoms with E-state index in [2.05, 4.69) is 52.5 Å². The molecule has 82 valence electrons. The van der Waals surface area contributed by atoms with Gasteiger partial charge in [-0.25, -0.2) is 0 Å². The lowest BCUT2D eigenvalue weighted by atomic mass is 9.89. The summed E-state index contributed by atoms with van der Waals surface area (Å²) in [5.41, 5.74) is 0. The first-order chi connectivity index (χ1) is 6.65. The molecule has 0 rings (SSSR count). The van der Waals surface area contributed by atoms with Crippen molar-refractivity contribution in [3.8, 4) is 0 Å². The van der Waals surface area contributed by atoms with Gasteiger partial charge in [0.05, 0.1) is 0 Å². The van der Waals surface area contributed by atoms with E-state index in [1.54, 1.807) is 0 Å². The second-order valence-electron chi connectivity index (χ2n) is 4.33. The van der Waals surface area contributed by atoms with Crippen molar-refractivity contribution in [2.75, 3.05) is 0 Å². The summed E-state index contributed by atoms with van der Waals surface area (Å²) in [5, 5.41) is 0. The molecule has 0 spiro atoms. The minimum atomic E-state index is 0.677. The fourth-order valence-corrected chi connectivity index (χ4v) is 1.64. The van der Waals surface area contributed by atoms with Crippen LogP contribution in [0.3, 0.4) is 0 Å². The van der Waals surface area contributed by atoms with Gasteiger partial charge in [0.1, 0.15) is 0 Å².